The Balaban J connectivity index is 2.10. The molecule has 2 nitrogen and oxygen atoms in total. The summed E-state index contributed by atoms with van der Waals surface area (Å²) in [5, 5.41) is 2.06. The first-order chi connectivity index (χ1) is 8.65. The lowest BCUT2D eigenvalue weighted by Gasteiger charge is -2.13. The van der Waals surface area contributed by atoms with Crippen molar-refractivity contribution in [2.75, 3.05) is 0 Å². The van der Waals surface area contributed by atoms with Crippen LogP contribution in [0.2, 0.25) is 0 Å². The Morgan fingerprint density at radius 3 is 2.89 bits per heavy atom. The molecule has 1 atom stereocenters. The molecule has 0 amide bonds. The van der Waals surface area contributed by atoms with Gasteiger partial charge in [0, 0.05) is 15.4 Å². The molecule has 0 aliphatic carbocycles. The molecule has 0 saturated carbocycles. The van der Waals surface area contributed by atoms with Gasteiger partial charge in [-0.05, 0) is 48.6 Å². The summed E-state index contributed by atoms with van der Waals surface area (Å²) >= 11 is 5.19. The van der Waals surface area contributed by atoms with Gasteiger partial charge >= 0.3 is 0 Å². The molecule has 0 aliphatic rings. The minimum Gasteiger partial charge on any atom is -0.488 e. The summed E-state index contributed by atoms with van der Waals surface area (Å²) in [6.07, 6.45) is 0.819. The zero-order valence-electron chi connectivity index (χ0n) is 10.2. The number of benzene rings is 1. The maximum Gasteiger partial charge on any atom is 0.123 e. The minimum atomic E-state index is 0.128. The Bertz CT molecular complexity index is 497. The highest BCUT2D eigenvalue weighted by Crippen LogP contribution is 2.25. The van der Waals surface area contributed by atoms with Gasteiger partial charge in [0.15, 0.2) is 0 Å². The van der Waals surface area contributed by atoms with Crippen LogP contribution in [0.5, 0.6) is 5.75 Å². The Hall–Kier alpha value is -0.840. The SMILES string of the molecule is CC(N)Cc1cc(Br)ccc1OCc1cccs1. The van der Waals surface area contributed by atoms with Gasteiger partial charge < -0.3 is 10.5 Å². The van der Waals surface area contributed by atoms with Crippen molar-refractivity contribution >= 4 is 27.3 Å². The number of hydrogen-bond acceptors (Lipinski definition) is 3. The molecule has 0 radical (unpaired) electrons. The van der Waals surface area contributed by atoms with Gasteiger partial charge in [0.2, 0.25) is 0 Å². The molecular weight excluding hydrogens is 310 g/mol. The number of rotatable bonds is 5. The van der Waals surface area contributed by atoms with E-state index in [1.54, 1.807) is 11.3 Å². The molecule has 1 aromatic carbocycles. The summed E-state index contributed by atoms with van der Waals surface area (Å²) in [5.74, 6) is 0.920. The molecule has 1 aromatic heterocycles. The second-order valence-corrected chi connectivity index (χ2v) is 6.25. The first kappa shape index (κ1) is 13.6. The van der Waals surface area contributed by atoms with E-state index in [-0.39, 0.29) is 6.04 Å². The summed E-state index contributed by atoms with van der Waals surface area (Å²) in [6.45, 7) is 2.62. The molecule has 0 spiro atoms. The van der Waals surface area contributed by atoms with Gasteiger partial charge in [-0.25, -0.2) is 0 Å². The van der Waals surface area contributed by atoms with Gasteiger partial charge in [-0.1, -0.05) is 22.0 Å². The van der Waals surface area contributed by atoms with Crippen molar-refractivity contribution < 1.29 is 4.74 Å². The van der Waals surface area contributed by atoms with E-state index >= 15 is 0 Å². The Morgan fingerprint density at radius 2 is 2.22 bits per heavy atom. The molecular formula is C14H16BrNOS. The van der Waals surface area contributed by atoms with Crippen molar-refractivity contribution in [2.24, 2.45) is 5.73 Å². The Kier molecular flexibility index (Phi) is 4.80. The standard InChI is InChI=1S/C14H16BrNOS/c1-10(16)7-11-8-12(15)4-5-14(11)17-9-13-3-2-6-18-13/h2-6,8,10H,7,9,16H2,1H3. The molecule has 1 heterocycles. The third-order valence-electron chi connectivity index (χ3n) is 2.51. The van der Waals surface area contributed by atoms with Gasteiger partial charge in [0.1, 0.15) is 12.4 Å². The van der Waals surface area contributed by atoms with Crippen LogP contribution >= 0.6 is 27.3 Å². The van der Waals surface area contributed by atoms with E-state index in [1.807, 2.05) is 25.1 Å². The van der Waals surface area contributed by atoms with Gasteiger partial charge in [-0.2, -0.15) is 0 Å². The first-order valence-corrected chi connectivity index (χ1v) is 7.51. The van der Waals surface area contributed by atoms with Crippen LogP contribution in [0, 0.1) is 0 Å². The lowest BCUT2D eigenvalue weighted by molar-refractivity contribution is 0.306. The van der Waals surface area contributed by atoms with Gasteiger partial charge in [0.05, 0.1) is 0 Å². The Morgan fingerprint density at radius 1 is 1.39 bits per heavy atom. The maximum atomic E-state index is 5.87. The van der Waals surface area contributed by atoms with E-state index in [4.69, 9.17) is 10.5 Å². The van der Waals surface area contributed by atoms with Crippen molar-refractivity contribution in [3.8, 4) is 5.75 Å². The van der Waals surface area contributed by atoms with Crippen LogP contribution in [0.15, 0.2) is 40.2 Å². The number of hydrogen-bond donors (Lipinski definition) is 1. The quantitative estimate of drug-likeness (QED) is 0.902. The van der Waals surface area contributed by atoms with Crippen LogP contribution in [0.1, 0.15) is 17.4 Å². The zero-order valence-corrected chi connectivity index (χ0v) is 12.6. The fraction of sp³-hybridized carbons (Fsp3) is 0.286. The molecule has 1 unspecified atom stereocenters. The molecule has 18 heavy (non-hydrogen) atoms. The predicted molar refractivity (Wildman–Crippen MR) is 80.1 cm³/mol. The van der Waals surface area contributed by atoms with E-state index in [0.29, 0.717) is 6.61 Å². The van der Waals surface area contributed by atoms with Crippen LogP contribution < -0.4 is 10.5 Å². The van der Waals surface area contributed by atoms with Crippen molar-refractivity contribution in [1.82, 2.24) is 0 Å². The Labute approximate surface area is 120 Å². The second kappa shape index (κ2) is 6.36. The van der Waals surface area contributed by atoms with Gasteiger partial charge in [-0.15, -0.1) is 11.3 Å². The fourth-order valence-electron chi connectivity index (χ4n) is 1.74. The number of ether oxygens (including phenoxy) is 1. The lowest BCUT2D eigenvalue weighted by atomic mass is 10.1. The second-order valence-electron chi connectivity index (χ2n) is 4.30. The van der Waals surface area contributed by atoms with E-state index in [9.17, 15) is 0 Å². The molecule has 96 valence electrons. The van der Waals surface area contributed by atoms with Crippen LogP contribution in [0.25, 0.3) is 0 Å². The van der Waals surface area contributed by atoms with Crippen LogP contribution in [-0.4, -0.2) is 6.04 Å². The van der Waals surface area contributed by atoms with E-state index in [2.05, 4.69) is 33.4 Å². The number of halogens is 1. The summed E-state index contributed by atoms with van der Waals surface area (Å²) < 4.78 is 6.93. The van der Waals surface area contributed by atoms with E-state index in [1.165, 1.54) is 4.88 Å². The third-order valence-corrected chi connectivity index (χ3v) is 3.86. The zero-order chi connectivity index (χ0) is 13.0. The number of thiophene rings is 1. The average molecular weight is 326 g/mol. The maximum absolute atomic E-state index is 5.87. The average Bonchev–Trinajstić information content (AvgIpc) is 2.80. The molecule has 2 N–H and O–H groups in total. The predicted octanol–water partition coefficient (Wildman–Crippen LogP) is 3.98. The molecule has 2 rings (SSSR count). The lowest BCUT2D eigenvalue weighted by Crippen LogP contribution is -2.18. The van der Waals surface area contributed by atoms with Crippen molar-refractivity contribution in [2.45, 2.75) is 26.0 Å². The first-order valence-electron chi connectivity index (χ1n) is 5.84. The van der Waals surface area contributed by atoms with Gasteiger partial charge in [0.25, 0.3) is 0 Å². The molecule has 0 aliphatic heterocycles. The summed E-state index contributed by atoms with van der Waals surface area (Å²) in [4.78, 5) is 1.23. The van der Waals surface area contributed by atoms with Crippen molar-refractivity contribution in [3.05, 3.63) is 50.6 Å². The highest BCUT2D eigenvalue weighted by atomic mass is 79.9. The van der Waals surface area contributed by atoms with Crippen molar-refractivity contribution in [3.63, 3.8) is 0 Å². The molecule has 2 aromatic rings. The summed E-state index contributed by atoms with van der Waals surface area (Å²) in [7, 11) is 0. The largest absolute Gasteiger partial charge is 0.488 e. The topological polar surface area (TPSA) is 35.2 Å². The fourth-order valence-corrected chi connectivity index (χ4v) is 2.76. The van der Waals surface area contributed by atoms with Gasteiger partial charge in [-0.3, -0.25) is 0 Å². The highest BCUT2D eigenvalue weighted by Gasteiger charge is 2.07. The number of nitrogens with two attached hydrogens (primary N) is 1. The molecule has 0 bridgehead atoms. The third kappa shape index (κ3) is 3.83. The smallest absolute Gasteiger partial charge is 0.123 e. The molecule has 4 heteroatoms. The molecule has 0 saturated heterocycles. The summed E-state index contributed by atoms with van der Waals surface area (Å²) in [5.41, 5.74) is 7.01. The van der Waals surface area contributed by atoms with Crippen molar-refractivity contribution in [1.29, 1.82) is 0 Å². The highest BCUT2D eigenvalue weighted by molar-refractivity contribution is 9.10. The minimum absolute atomic E-state index is 0.128. The van der Waals surface area contributed by atoms with Crippen LogP contribution in [0.4, 0.5) is 0 Å². The van der Waals surface area contributed by atoms with Crippen LogP contribution in [0.3, 0.4) is 0 Å². The van der Waals surface area contributed by atoms with E-state index < -0.39 is 0 Å². The normalized spacial score (nSPS) is 12.4. The molecule has 0 fully saturated rings. The summed E-state index contributed by atoms with van der Waals surface area (Å²) in [6, 6.07) is 10.3. The monoisotopic (exact) mass is 325 g/mol. The van der Waals surface area contributed by atoms with Crippen LogP contribution in [-0.2, 0) is 13.0 Å². The van der Waals surface area contributed by atoms with E-state index in [0.717, 1.165) is 22.2 Å².